The number of ether oxygens (including phenoxy) is 1. The molecule has 3 rings (SSSR count). The highest BCUT2D eigenvalue weighted by atomic mass is 16.5. The standard InChI is InChI=1S/C18H28N4O3/c1-21(2)18(24)14-12-19-20-17(14)15-8-3-5-9-22(15)16(23)11-13-7-4-6-10-25-13/h12-13,15H,3-11H2,1-2H3,(H,19,20)/t13-,15-/m0/s1. The van der Waals surface area contributed by atoms with Gasteiger partial charge in [-0.3, -0.25) is 14.7 Å². The summed E-state index contributed by atoms with van der Waals surface area (Å²) in [6.07, 6.45) is 8.10. The van der Waals surface area contributed by atoms with Crippen LogP contribution in [-0.2, 0) is 9.53 Å². The van der Waals surface area contributed by atoms with E-state index in [0.29, 0.717) is 12.0 Å². The SMILES string of the molecule is CN(C)C(=O)c1cn[nH]c1[C@@H]1CCCCN1C(=O)C[C@@H]1CCCCO1. The Morgan fingerprint density at radius 2 is 2.08 bits per heavy atom. The Balaban J connectivity index is 1.76. The molecule has 0 radical (unpaired) electrons. The molecular weight excluding hydrogens is 320 g/mol. The molecule has 0 aromatic carbocycles. The van der Waals surface area contributed by atoms with Gasteiger partial charge in [-0.05, 0) is 38.5 Å². The Bertz CT molecular complexity index is 607. The lowest BCUT2D eigenvalue weighted by Gasteiger charge is -2.37. The third-order valence-electron chi connectivity index (χ3n) is 5.14. The zero-order valence-corrected chi connectivity index (χ0v) is 15.2. The van der Waals surface area contributed by atoms with Crippen LogP contribution in [0.15, 0.2) is 6.20 Å². The van der Waals surface area contributed by atoms with Crippen LogP contribution in [0.1, 0.15) is 67.0 Å². The third kappa shape index (κ3) is 4.03. The van der Waals surface area contributed by atoms with Gasteiger partial charge in [0.2, 0.25) is 5.91 Å². The van der Waals surface area contributed by atoms with Crippen molar-refractivity contribution in [3.05, 3.63) is 17.5 Å². The van der Waals surface area contributed by atoms with Crippen LogP contribution in [0.25, 0.3) is 0 Å². The summed E-state index contributed by atoms with van der Waals surface area (Å²) in [5, 5.41) is 7.05. The first-order chi connectivity index (χ1) is 12.1. The summed E-state index contributed by atoms with van der Waals surface area (Å²) in [5.41, 5.74) is 1.32. The van der Waals surface area contributed by atoms with Gasteiger partial charge in [0.25, 0.3) is 5.91 Å². The smallest absolute Gasteiger partial charge is 0.256 e. The Labute approximate surface area is 148 Å². The van der Waals surface area contributed by atoms with Crippen LogP contribution >= 0.6 is 0 Å². The molecule has 0 spiro atoms. The number of piperidine rings is 1. The highest BCUT2D eigenvalue weighted by Crippen LogP contribution is 2.33. The van der Waals surface area contributed by atoms with Gasteiger partial charge in [0.15, 0.2) is 0 Å². The van der Waals surface area contributed by atoms with Crippen LogP contribution in [0.3, 0.4) is 0 Å². The highest BCUT2D eigenvalue weighted by molar-refractivity contribution is 5.95. The number of nitrogens with zero attached hydrogens (tertiary/aromatic N) is 3. The van der Waals surface area contributed by atoms with Crippen molar-refractivity contribution in [3.8, 4) is 0 Å². The predicted molar refractivity (Wildman–Crippen MR) is 93.1 cm³/mol. The van der Waals surface area contributed by atoms with E-state index in [-0.39, 0.29) is 24.0 Å². The first-order valence-electron chi connectivity index (χ1n) is 9.24. The molecule has 0 bridgehead atoms. The van der Waals surface area contributed by atoms with Crippen LogP contribution in [-0.4, -0.2) is 65.2 Å². The van der Waals surface area contributed by atoms with Gasteiger partial charge in [-0.15, -0.1) is 0 Å². The van der Waals surface area contributed by atoms with Crippen molar-refractivity contribution in [2.75, 3.05) is 27.2 Å². The number of amides is 2. The van der Waals surface area contributed by atoms with Gasteiger partial charge in [-0.2, -0.15) is 5.10 Å². The second-order valence-corrected chi connectivity index (χ2v) is 7.19. The zero-order valence-electron chi connectivity index (χ0n) is 15.2. The monoisotopic (exact) mass is 348 g/mol. The fraction of sp³-hybridized carbons (Fsp3) is 0.722. The number of carbonyl (C=O) groups excluding carboxylic acids is 2. The van der Waals surface area contributed by atoms with E-state index in [1.807, 2.05) is 4.90 Å². The number of likely N-dealkylation sites (tertiary alicyclic amines) is 1. The maximum Gasteiger partial charge on any atom is 0.256 e. The van der Waals surface area contributed by atoms with Crippen molar-refractivity contribution in [1.29, 1.82) is 0 Å². The molecule has 0 unspecified atom stereocenters. The lowest BCUT2D eigenvalue weighted by atomic mass is 9.95. The van der Waals surface area contributed by atoms with E-state index in [9.17, 15) is 9.59 Å². The molecule has 7 heteroatoms. The Hall–Kier alpha value is -1.89. The average Bonchev–Trinajstić information content (AvgIpc) is 3.11. The molecular formula is C18H28N4O3. The molecule has 2 atom stereocenters. The van der Waals surface area contributed by atoms with Crippen LogP contribution in [0.4, 0.5) is 0 Å². The molecule has 2 aliphatic rings. The molecule has 7 nitrogen and oxygen atoms in total. The topological polar surface area (TPSA) is 78.5 Å². The molecule has 2 fully saturated rings. The van der Waals surface area contributed by atoms with Crippen molar-refractivity contribution < 1.29 is 14.3 Å². The summed E-state index contributed by atoms with van der Waals surface area (Å²) >= 11 is 0. The van der Waals surface area contributed by atoms with Crippen molar-refractivity contribution in [2.45, 2.75) is 57.1 Å². The molecule has 3 heterocycles. The Kier molecular flexibility index (Phi) is 5.73. The van der Waals surface area contributed by atoms with Crippen LogP contribution in [0.2, 0.25) is 0 Å². The molecule has 0 aliphatic carbocycles. The summed E-state index contributed by atoms with van der Waals surface area (Å²) in [6, 6.07) is -0.105. The Morgan fingerprint density at radius 1 is 1.28 bits per heavy atom. The number of hydrogen-bond acceptors (Lipinski definition) is 4. The zero-order chi connectivity index (χ0) is 17.8. The molecule has 0 saturated carbocycles. The quantitative estimate of drug-likeness (QED) is 0.904. The summed E-state index contributed by atoms with van der Waals surface area (Å²) < 4.78 is 5.73. The maximum atomic E-state index is 12.9. The fourth-order valence-corrected chi connectivity index (χ4v) is 3.77. The molecule has 2 saturated heterocycles. The minimum absolute atomic E-state index is 0.0356. The maximum absolute atomic E-state index is 12.9. The van der Waals surface area contributed by atoms with E-state index in [2.05, 4.69) is 10.2 Å². The predicted octanol–water partition coefficient (Wildman–Crippen LogP) is 2.12. The van der Waals surface area contributed by atoms with Crippen molar-refractivity contribution in [3.63, 3.8) is 0 Å². The van der Waals surface area contributed by atoms with E-state index in [0.717, 1.165) is 57.4 Å². The second kappa shape index (κ2) is 7.99. The molecule has 2 amide bonds. The van der Waals surface area contributed by atoms with Gasteiger partial charge in [0.05, 0.1) is 36.0 Å². The first-order valence-corrected chi connectivity index (χ1v) is 9.24. The van der Waals surface area contributed by atoms with Crippen molar-refractivity contribution in [1.82, 2.24) is 20.0 Å². The lowest BCUT2D eigenvalue weighted by Crippen LogP contribution is -2.41. The number of H-pyrrole nitrogens is 1. The van der Waals surface area contributed by atoms with Crippen LogP contribution < -0.4 is 0 Å². The van der Waals surface area contributed by atoms with E-state index in [4.69, 9.17) is 4.74 Å². The van der Waals surface area contributed by atoms with Gasteiger partial charge < -0.3 is 14.5 Å². The first kappa shape index (κ1) is 17.9. The average molecular weight is 348 g/mol. The number of aromatic amines is 1. The number of nitrogens with one attached hydrogen (secondary N) is 1. The molecule has 25 heavy (non-hydrogen) atoms. The molecule has 1 N–H and O–H groups in total. The van der Waals surface area contributed by atoms with Crippen LogP contribution in [0.5, 0.6) is 0 Å². The minimum Gasteiger partial charge on any atom is -0.378 e. The number of carbonyl (C=O) groups is 2. The molecule has 2 aliphatic heterocycles. The van der Waals surface area contributed by atoms with Crippen LogP contribution in [0, 0.1) is 0 Å². The van der Waals surface area contributed by atoms with Crippen molar-refractivity contribution >= 4 is 11.8 Å². The summed E-state index contributed by atoms with van der Waals surface area (Å²) in [6.45, 7) is 1.48. The second-order valence-electron chi connectivity index (χ2n) is 7.19. The van der Waals surface area contributed by atoms with Gasteiger partial charge in [0.1, 0.15) is 0 Å². The molecule has 138 valence electrons. The number of rotatable bonds is 4. The summed E-state index contributed by atoms with van der Waals surface area (Å²) in [7, 11) is 3.45. The fourth-order valence-electron chi connectivity index (χ4n) is 3.77. The molecule has 1 aromatic rings. The summed E-state index contributed by atoms with van der Waals surface area (Å²) in [5.74, 6) is 0.0341. The largest absolute Gasteiger partial charge is 0.378 e. The van der Waals surface area contributed by atoms with E-state index in [1.165, 1.54) is 0 Å². The molecule has 1 aromatic heterocycles. The van der Waals surface area contributed by atoms with E-state index >= 15 is 0 Å². The summed E-state index contributed by atoms with van der Waals surface area (Å²) in [4.78, 5) is 28.8. The van der Waals surface area contributed by atoms with E-state index in [1.54, 1.807) is 25.2 Å². The van der Waals surface area contributed by atoms with Gasteiger partial charge >= 0.3 is 0 Å². The Morgan fingerprint density at radius 3 is 2.80 bits per heavy atom. The van der Waals surface area contributed by atoms with Gasteiger partial charge in [0, 0.05) is 27.2 Å². The normalized spacial score (nSPS) is 24.2. The van der Waals surface area contributed by atoms with Crippen molar-refractivity contribution in [2.24, 2.45) is 0 Å². The van der Waals surface area contributed by atoms with E-state index < -0.39 is 0 Å². The van der Waals surface area contributed by atoms with Gasteiger partial charge in [-0.25, -0.2) is 0 Å². The minimum atomic E-state index is -0.105. The number of hydrogen-bond donors (Lipinski definition) is 1. The number of aromatic nitrogens is 2. The lowest BCUT2D eigenvalue weighted by molar-refractivity contribution is -0.139. The highest BCUT2D eigenvalue weighted by Gasteiger charge is 2.33. The third-order valence-corrected chi connectivity index (χ3v) is 5.14. The van der Waals surface area contributed by atoms with Gasteiger partial charge in [-0.1, -0.05) is 0 Å².